The molecule has 0 heterocycles. The SMILES string of the molecule is CC(=O)[O-].CC(=O)[O-].CCc1cc(C(C)C)cc(C=Nc2cccc3cccc(N=Cc4cc(C(C)C)cc(CC)c4O)c23)c1O.[Co+2]. The first-order chi connectivity index (χ1) is 21.7. The van der Waals surface area contributed by atoms with Crippen LogP contribution in [-0.4, -0.2) is 34.6 Å². The van der Waals surface area contributed by atoms with Gasteiger partial charge in [-0.1, -0.05) is 77.9 Å². The average molecular weight is 684 g/mol. The Bertz CT molecular complexity index is 1600. The Kier molecular flexibility index (Phi) is 16.6. The maximum atomic E-state index is 10.8. The van der Waals surface area contributed by atoms with Gasteiger partial charge < -0.3 is 30.0 Å². The van der Waals surface area contributed by atoms with E-state index in [-0.39, 0.29) is 28.3 Å². The van der Waals surface area contributed by atoms with Crippen LogP contribution in [0.15, 0.2) is 70.6 Å². The zero-order valence-corrected chi connectivity index (χ0v) is 29.3. The molecule has 9 heteroatoms. The first kappa shape index (κ1) is 40.6. The second kappa shape index (κ2) is 19.2. The van der Waals surface area contributed by atoms with Crippen molar-refractivity contribution in [1.29, 1.82) is 0 Å². The molecule has 4 rings (SSSR count). The van der Waals surface area contributed by atoms with Crippen LogP contribution in [0.3, 0.4) is 0 Å². The number of hydrogen-bond acceptors (Lipinski definition) is 8. The summed E-state index contributed by atoms with van der Waals surface area (Å²) in [5.74, 6) is -0.895. The fraction of sp³-hybridized carbons (Fsp3) is 0.316. The van der Waals surface area contributed by atoms with Crippen LogP contribution in [0.5, 0.6) is 11.5 Å². The summed E-state index contributed by atoms with van der Waals surface area (Å²) in [5, 5.41) is 41.4. The number of carbonyl (C=O) groups is 2. The van der Waals surface area contributed by atoms with Crippen LogP contribution in [0.1, 0.15) is 101 Å². The standard InChI is InChI=1S/C34H38N2O2.2C2H4O2.Co/c1-7-23-15-26(21(3)4)17-28(33(23)37)19-35-30-13-9-11-25-12-10-14-31(32(25)30)36-20-29-18-27(22(5)6)16-24(8-2)34(29)38;2*1-2(3)4;/h9-22,37-38H,7-8H2,1-6H3;2*1H3,(H,3,4);/q;;;+2/p-2. The maximum absolute atomic E-state index is 10.8. The molecular formula is C38H44CoN2O6. The van der Waals surface area contributed by atoms with Crippen molar-refractivity contribution in [3.05, 3.63) is 94.0 Å². The molecule has 47 heavy (non-hydrogen) atoms. The van der Waals surface area contributed by atoms with Crippen LogP contribution in [-0.2, 0) is 39.2 Å². The third-order valence-electron chi connectivity index (χ3n) is 7.12. The minimum Gasteiger partial charge on any atom is -0.550 e. The number of aliphatic imine (C=N–C) groups is 2. The fourth-order valence-electron chi connectivity index (χ4n) is 4.69. The van der Waals surface area contributed by atoms with E-state index in [2.05, 4.69) is 39.8 Å². The average Bonchev–Trinajstić information content (AvgIpc) is 2.99. The van der Waals surface area contributed by atoms with Crippen LogP contribution in [0.2, 0.25) is 0 Å². The molecule has 0 bridgehead atoms. The van der Waals surface area contributed by atoms with E-state index >= 15 is 0 Å². The Morgan fingerprint density at radius 2 is 1.04 bits per heavy atom. The summed E-state index contributed by atoms with van der Waals surface area (Å²) in [4.78, 5) is 27.4. The second-order valence-electron chi connectivity index (χ2n) is 11.4. The van der Waals surface area contributed by atoms with Gasteiger partial charge in [0.1, 0.15) is 11.5 Å². The molecule has 0 unspecified atom stereocenters. The van der Waals surface area contributed by atoms with Gasteiger partial charge in [-0.3, -0.25) is 9.98 Å². The van der Waals surface area contributed by atoms with E-state index in [0.717, 1.165) is 60.0 Å². The Labute approximate surface area is 288 Å². The van der Waals surface area contributed by atoms with Crippen LogP contribution in [0.4, 0.5) is 11.4 Å². The minimum absolute atomic E-state index is 0. The van der Waals surface area contributed by atoms with E-state index in [4.69, 9.17) is 29.8 Å². The molecule has 4 aromatic rings. The van der Waals surface area contributed by atoms with Gasteiger partial charge in [0, 0.05) is 40.9 Å². The number of carboxylic acid groups (broad SMARTS) is 2. The normalized spacial score (nSPS) is 10.9. The maximum Gasteiger partial charge on any atom is 2.00 e. The molecule has 0 saturated carbocycles. The molecule has 0 aliphatic rings. The Hall–Kier alpha value is -4.47. The molecule has 0 aliphatic carbocycles. The van der Waals surface area contributed by atoms with E-state index in [1.165, 1.54) is 11.1 Å². The quantitative estimate of drug-likeness (QED) is 0.199. The van der Waals surface area contributed by atoms with Gasteiger partial charge in [0.05, 0.1) is 11.4 Å². The van der Waals surface area contributed by atoms with Gasteiger partial charge in [-0.2, -0.15) is 0 Å². The van der Waals surface area contributed by atoms with Crippen molar-refractivity contribution in [3.63, 3.8) is 0 Å². The molecule has 251 valence electrons. The van der Waals surface area contributed by atoms with E-state index in [1.807, 2.05) is 62.4 Å². The van der Waals surface area contributed by atoms with E-state index in [0.29, 0.717) is 23.0 Å². The molecule has 0 aliphatic heterocycles. The Morgan fingerprint density at radius 3 is 1.34 bits per heavy atom. The predicted molar refractivity (Wildman–Crippen MR) is 183 cm³/mol. The number of carbonyl (C=O) groups excluding carboxylic acids is 2. The van der Waals surface area contributed by atoms with Crippen molar-refractivity contribution < 1.29 is 46.8 Å². The number of aromatic hydroxyl groups is 2. The smallest absolute Gasteiger partial charge is 0.550 e. The molecule has 0 saturated heterocycles. The molecule has 0 amide bonds. The van der Waals surface area contributed by atoms with E-state index in [1.54, 1.807) is 12.4 Å². The molecule has 0 spiro atoms. The van der Waals surface area contributed by atoms with Crippen LogP contribution in [0, 0.1) is 0 Å². The summed E-state index contributed by atoms with van der Waals surface area (Å²) >= 11 is 0. The molecule has 0 fully saturated rings. The largest absolute Gasteiger partial charge is 2.00 e. The number of phenols is 2. The summed E-state index contributed by atoms with van der Waals surface area (Å²) in [6.45, 7) is 14.7. The number of phenolic OH excluding ortho intramolecular Hbond substituents is 2. The van der Waals surface area contributed by atoms with Gasteiger partial charge in [-0.05, 0) is 90.4 Å². The number of fused-ring (bicyclic) bond motifs is 1. The van der Waals surface area contributed by atoms with Crippen LogP contribution in [0.25, 0.3) is 10.8 Å². The van der Waals surface area contributed by atoms with Gasteiger partial charge in [-0.25, -0.2) is 0 Å². The summed E-state index contributed by atoms with van der Waals surface area (Å²) in [6, 6.07) is 20.2. The van der Waals surface area contributed by atoms with Gasteiger partial charge in [0.2, 0.25) is 0 Å². The van der Waals surface area contributed by atoms with E-state index < -0.39 is 11.9 Å². The minimum atomic E-state index is -1.08. The van der Waals surface area contributed by atoms with Crippen molar-refractivity contribution in [2.75, 3.05) is 0 Å². The van der Waals surface area contributed by atoms with Gasteiger partial charge in [0.25, 0.3) is 0 Å². The summed E-state index contributed by atoms with van der Waals surface area (Å²) in [5.41, 5.74) is 7.20. The molecule has 0 atom stereocenters. The van der Waals surface area contributed by atoms with Crippen molar-refractivity contribution in [2.24, 2.45) is 9.98 Å². The predicted octanol–water partition coefficient (Wildman–Crippen LogP) is 6.63. The number of aryl methyl sites for hydroxylation is 2. The van der Waals surface area contributed by atoms with Crippen LogP contribution >= 0.6 is 0 Å². The first-order valence-electron chi connectivity index (χ1n) is 15.4. The molecule has 4 aromatic carbocycles. The van der Waals surface area contributed by atoms with Gasteiger partial charge >= 0.3 is 16.8 Å². The van der Waals surface area contributed by atoms with Crippen molar-refractivity contribution in [3.8, 4) is 11.5 Å². The van der Waals surface area contributed by atoms with E-state index in [9.17, 15) is 10.2 Å². The molecule has 2 N–H and O–H groups in total. The Morgan fingerprint density at radius 1 is 0.702 bits per heavy atom. The molecular weight excluding hydrogens is 639 g/mol. The van der Waals surface area contributed by atoms with Gasteiger partial charge in [0.15, 0.2) is 0 Å². The zero-order chi connectivity index (χ0) is 34.6. The number of nitrogens with zero attached hydrogens (tertiary/aromatic N) is 2. The molecule has 8 nitrogen and oxygen atoms in total. The summed E-state index contributed by atoms with van der Waals surface area (Å²) in [6.07, 6.45) is 5.01. The number of aliphatic carboxylic acids is 2. The zero-order valence-electron chi connectivity index (χ0n) is 28.3. The van der Waals surface area contributed by atoms with Crippen LogP contribution < -0.4 is 10.2 Å². The van der Waals surface area contributed by atoms with Gasteiger partial charge in [-0.15, -0.1) is 0 Å². The Balaban J connectivity index is 0.00000110. The summed E-state index contributed by atoms with van der Waals surface area (Å²) < 4.78 is 0. The monoisotopic (exact) mass is 683 g/mol. The molecule has 1 radical (unpaired) electrons. The number of benzene rings is 4. The third kappa shape index (κ3) is 12.0. The van der Waals surface area contributed by atoms with Crippen molar-refractivity contribution in [2.45, 2.75) is 80.1 Å². The number of carboxylic acids is 2. The van der Waals surface area contributed by atoms with Crippen molar-refractivity contribution in [1.82, 2.24) is 0 Å². The third-order valence-corrected chi connectivity index (χ3v) is 7.12. The summed E-state index contributed by atoms with van der Waals surface area (Å²) in [7, 11) is 0. The topological polar surface area (TPSA) is 145 Å². The first-order valence-corrected chi connectivity index (χ1v) is 15.4. The number of hydrogen-bond donors (Lipinski definition) is 2. The number of rotatable bonds is 8. The fourth-order valence-corrected chi connectivity index (χ4v) is 4.69. The second-order valence-corrected chi connectivity index (χ2v) is 11.4. The van der Waals surface area contributed by atoms with Crippen molar-refractivity contribution >= 4 is 46.5 Å². The molecule has 0 aromatic heterocycles.